The lowest BCUT2D eigenvalue weighted by molar-refractivity contribution is -0.870. The molecule has 0 aliphatic rings. The van der Waals surface area contributed by atoms with Gasteiger partial charge in [-0.25, -0.2) is 0 Å². The number of amides is 1. The van der Waals surface area contributed by atoms with Crippen LogP contribution in [0.4, 0.5) is 0 Å². The molecule has 1 amide bonds. The molecule has 0 saturated carbocycles. The highest BCUT2D eigenvalue weighted by molar-refractivity contribution is 7.45. The molecule has 0 fully saturated rings. The average Bonchev–Trinajstić information content (AvgIpc) is 3.34. The lowest BCUT2D eigenvalue weighted by atomic mass is 10.1. The number of rotatable bonds is 53. The zero-order valence-electron chi connectivity index (χ0n) is 47.6. The summed E-state index contributed by atoms with van der Waals surface area (Å²) in [4.78, 5) is 39.9. The summed E-state index contributed by atoms with van der Waals surface area (Å²) in [5, 5.41) is 3.00. The van der Waals surface area contributed by atoms with Crippen molar-refractivity contribution < 1.29 is 37.3 Å². The number of unbranched alkanes of at least 4 members (excludes halogenated alkanes) is 28. The Morgan fingerprint density at radius 1 is 0.500 bits per heavy atom. The Labute approximate surface area is 444 Å². The van der Waals surface area contributed by atoms with E-state index in [9.17, 15) is 19.0 Å². The summed E-state index contributed by atoms with van der Waals surface area (Å²) in [6.07, 6.45) is 65.8. The van der Waals surface area contributed by atoms with Gasteiger partial charge in [-0.3, -0.25) is 14.2 Å². The molecule has 0 aromatic carbocycles. The second-order valence-electron chi connectivity index (χ2n) is 21.2. The van der Waals surface area contributed by atoms with Crippen LogP contribution in [0.1, 0.15) is 258 Å². The number of hydrogen-bond acceptors (Lipinski definition) is 7. The lowest BCUT2D eigenvalue weighted by Crippen LogP contribution is -2.47. The van der Waals surface area contributed by atoms with Gasteiger partial charge in [0.15, 0.2) is 0 Å². The molecule has 0 bridgehead atoms. The second-order valence-corrected chi connectivity index (χ2v) is 22.6. The van der Waals surface area contributed by atoms with E-state index in [-0.39, 0.29) is 31.3 Å². The normalized spacial score (nSPS) is 14.3. The molecule has 0 heterocycles. The van der Waals surface area contributed by atoms with Crippen LogP contribution >= 0.6 is 7.82 Å². The highest BCUT2D eigenvalue weighted by atomic mass is 31.2. The number of esters is 1. The number of phosphoric acid groups is 1. The van der Waals surface area contributed by atoms with Crippen LogP contribution in [0, 0.1) is 0 Å². The van der Waals surface area contributed by atoms with E-state index in [1.165, 1.54) is 116 Å². The predicted molar refractivity (Wildman–Crippen MR) is 307 cm³/mol. The molecule has 0 saturated heterocycles. The minimum absolute atomic E-state index is 0.0320. The van der Waals surface area contributed by atoms with E-state index in [2.05, 4.69) is 86.8 Å². The molecule has 10 heteroatoms. The van der Waals surface area contributed by atoms with Gasteiger partial charge < -0.3 is 28.5 Å². The number of nitrogens with zero attached hydrogens (tertiary/aromatic N) is 1. The van der Waals surface area contributed by atoms with Crippen molar-refractivity contribution in [1.82, 2.24) is 5.32 Å². The van der Waals surface area contributed by atoms with Gasteiger partial charge in [-0.1, -0.05) is 222 Å². The lowest BCUT2D eigenvalue weighted by Gasteiger charge is -2.30. The third-order valence-corrected chi connectivity index (χ3v) is 13.9. The van der Waals surface area contributed by atoms with E-state index in [1.54, 1.807) is 0 Å². The Morgan fingerprint density at radius 2 is 0.889 bits per heavy atom. The van der Waals surface area contributed by atoms with Gasteiger partial charge >= 0.3 is 5.97 Å². The van der Waals surface area contributed by atoms with Crippen molar-refractivity contribution in [2.45, 2.75) is 270 Å². The topological polar surface area (TPSA) is 114 Å². The van der Waals surface area contributed by atoms with Crippen LogP contribution in [0.2, 0.25) is 0 Å². The summed E-state index contributed by atoms with van der Waals surface area (Å²) in [6.45, 7) is 6.77. The van der Waals surface area contributed by atoms with Crippen molar-refractivity contribution in [3.8, 4) is 0 Å². The van der Waals surface area contributed by atoms with Crippen LogP contribution in [-0.2, 0) is 27.9 Å². The van der Waals surface area contributed by atoms with Gasteiger partial charge in [-0.15, -0.1) is 0 Å². The smallest absolute Gasteiger partial charge is 0.306 e. The molecule has 0 spiro atoms. The summed E-state index contributed by atoms with van der Waals surface area (Å²) >= 11 is 0. The Morgan fingerprint density at radius 3 is 1.39 bits per heavy atom. The van der Waals surface area contributed by atoms with Crippen molar-refractivity contribution >= 4 is 19.7 Å². The van der Waals surface area contributed by atoms with E-state index < -0.39 is 26.6 Å². The number of phosphoric ester groups is 1. The van der Waals surface area contributed by atoms with Crippen LogP contribution < -0.4 is 10.2 Å². The Balaban J connectivity index is 5.34. The van der Waals surface area contributed by atoms with Crippen LogP contribution in [0.25, 0.3) is 0 Å². The van der Waals surface area contributed by atoms with E-state index in [1.807, 2.05) is 33.3 Å². The van der Waals surface area contributed by atoms with Crippen LogP contribution in [0.15, 0.2) is 72.9 Å². The van der Waals surface area contributed by atoms with Gasteiger partial charge in [-0.2, -0.15) is 0 Å². The molecule has 9 nitrogen and oxygen atoms in total. The standard InChI is InChI=1S/C62H113N2O7P/c1-7-10-13-16-19-22-25-27-29-31-32-33-35-37-40-43-46-49-52-55-62(66)71-60(53-50-47-44-41-38-24-21-18-15-12-9-3)59(58-70-72(67,68)69-57-56-64(4,5)6)63-61(65)54-51-48-45-42-39-36-34-30-28-26-23-20-17-14-11-8-2/h19,22,27,29-30,32-34,36,39,50,53,59-60H,7-18,20-21,23-26,28,31,35,37-38,40-49,51-52,54-58H2,1-6H3,(H-,63,65,67,68)/b22-19-,29-27-,33-32-,34-30+,39-36+,53-50+. The maximum absolute atomic E-state index is 13.5. The first kappa shape index (κ1) is 69.5. The summed E-state index contributed by atoms with van der Waals surface area (Å²) in [5.41, 5.74) is 0. The molecule has 0 radical (unpaired) electrons. The highest BCUT2D eigenvalue weighted by Gasteiger charge is 2.27. The molecule has 72 heavy (non-hydrogen) atoms. The minimum atomic E-state index is -4.71. The predicted octanol–water partition coefficient (Wildman–Crippen LogP) is 17.4. The largest absolute Gasteiger partial charge is 0.756 e. The number of carbonyl (C=O) groups excluding carboxylic acids is 2. The number of carbonyl (C=O) groups is 2. The van der Waals surface area contributed by atoms with Gasteiger partial charge in [0, 0.05) is 12.8 Å². The number of hydrogen-bond donors (Lipinski definition) is 1. The summed E-state index contributed by atoms with van der Waals surface area (Å²) in [5.74, 6) is -0.587. The Kier molecular flexibility index (Phi) is 50.1. The Bertz CT molecular complexity index is 1460. The quantitative estimate of drug-likeness (QED) is 0.0161. The van der Waals surface area contributed by atoms with Gasteiger partial charge in [0.05, 0.1) is 33.8 Å². The van der Waals surface area contributed by atoms with Gasteiger partial charge in [-0.05, 0) is 96.0 Å². The van der Waals surface area contributed by atoms with Gasteiger partial charge in [0.25, 0.3) is 7.82 Å². The van der Waals surface area contributed by atoms with Gasteiger partial charge in [0.1, 0.15) is 19.3 Å². The van der Waals surface area contributed by atoms with Gasteiger partial charge in [0.2, 0.25) is 5.91 Å². The highest BCUT2D eigenvalue weighted by Crippen LogP contribution is 2.38. The third-order valence-electron chi connectivity index (χ3n) is 12.9. The van der Waals surface area contributed by atoms with Crippen LogP contribution in [0.5, 0.6) is 0 Å². The first-order valence-corrected chi connectivity index (χ1v) is 31.2. The minimum Gasteiger partial charge on any atom is -0.756 e. The molecule has 0 rings (SSSR count). The molecular formula is C62H113N2O7P. The van der Waals surface area contributed by atoms with Crippen LogP contribution in [0.3, 0.4) is 0 Å². The van der Waals surface area contributed by atoms with Crippen molar-refractivity contribution in [1.29, 1.82) is 0 Å². The number of nitrogens with one attached hydrogen (secondary N) is 1. The molecule has 0 aromatic heterocycles. The zero-order chi connectivity index (χ0) is 52.9. The second kappa shape index (κ2) is 51.9. The number of allylic oxidation sites excluding steroid dienone is 11. The van der Waals surface area contributed by atoms with E-state index in [4.69, 9.17) is 13.8 Å². The maximum Gasteiger partial charge on any atom is 0.306 e. The number of ether oxygens (including phenoxy) is 1. The third kappa shape index (κ3) is 52.3. The van der Waals surface area contributed by atoms with Crippen molar-refractivity contribution in [3.05, 3.63) is 72.9 Å². The number of quaternary nitrogens is 1. The maximum atomic E-state index is 13.5. The van der Waals surface area contributed by atoms with Crippen molar-refractivity contribution in [2.75, 3.05) is 40.9 Å². The molecule has 418 valence electrons. The molecule has 0 aliphatic heterocycles. The van der Waals surface area contributed by atoms with Crippen LogP contribution in [-0.4, -0.2) is 69.4 Å². The monoisotopic (exact) mass is 1030 g/mol. The average molecular weight is 1030 g/mol. The SMILES string of the molecule is CCCCC/C=C\C/C=C\C/C=C\CCCCCCCCC(=O)OC(/C=C/CCCCCCCCCCC)C(COP(=O)([O-])OCC[N+](C)(C)C)NC(=O)CCCCC/C=C/C=C/CCCCCCCCC. The molecule has 1 N–H and O–H groups in total. The Hall–Kier alpha value is -2.55. The van der Waals surface area contributed by atoms with E-state index >= 15 is 0 Å². The molecule has 0 aromatic rings. The fraction of sp³-hybridized carbons (Fsp3) is 0.774. The van der Waals surface area contributed by atoms with Crippen molar-refractivity contribution in [2.24, 2.45) is 0 Å². The van der Waals surface area contributed by atoms with E-state index in [0.717, 1.165) is 96.3 Å². The number of likely N-dealkylation sites (N-methyl/N-ethyl adjacent to an activating group) is 1. The molecular weight excluding hydrogens is 916 g/mol. The molecule has 3 atom stereocenters. The molecule has 0 aliphatic carbocycles. The van der Waals surface area contributed by atoms with Crippen molar-refractivity contribution in [3.63, 3.8) is 0 Å². The van der Waals surface area contributed by atoms with E-state index in [0.29, 0.717) is 23.9 Å². The zero-order valence-corrected chi connectivity index (χ0v) is 48.5. The first-order valence-electron chi connectivity index (χ1n) is 29.8. The fourth-order valence-electron chi connectivity index (χ4n) is 8.22. The summed E-state index contributed by atoms with van der Waals surface area (Å²) < 4.78 is 30.2. The fourth-order valence-corrected chi connectivity index (χ4v) is 8.95. The first-order chi connectivity index (χ1) is 34.9. The summed E-state index contributed by atoms with van der Waals surface area (Å²) in [7, 11) is 1.15. The molecule has 3 unspecified atom stereocenters. The summed E-state index contributed by atoms with van der Waals surface area (Å²) in [6, 6.07) is -0.909.